The molecule has 0 bridgehead atoms. The van der Waals surface area contributed by atoms with E-state index in [1.807, 2.05) is 30.3 Å². The van der Waals surface area contributed by atoms with Crippen LogP contribution in [0.4, 0.5) is 18.9 Å². The molecule has 0 aliphatic heterocycles. The van der Waals surface area contributed by atoms with Crippen molar-refractivity contribution in [3.63, 3.8) is 0 Å². The van der Waals surface area contributed by atoms with Crippen molar-refractivity contribution in [2.75, 3.05) is 18.2 Å². The van der Waals surface area contributed by atoms with Crippen molar-refractivity contribution in [3.8, 4) is 0 Å². The smallest absolute Gasteiger partial charge is 0.371 e. The normalized spacial score (nSPS) is 19.0. The summed E-state index contributed by atoms with van der Waals surface area (Å²) in [5, 5.41) is 4.15. The molecule has 0 radical (unpaired) electrons. The Hall–Kier alpha value is -1.97. The molecule has 0 saturated heterocycles. The number of thiophene rings is 1. The van der Waals surface area contributed by atoms with Crippen molar-refractivity contribution >= 4 is 57.2 Å². The lowest BCUT2D eigenvalue weighted by Gasteiger charge is -2.37. The number of benzene rings is 1. The highest BCUT2D eigenvalue weighted by Crippen LogP contribution is 2.37. The highest BCUT2D eigenvalue weighted by atomic mass is 35.5. The SMILES string of the molecule is CSc1ccc(C(=O)N[C@H]2CC[C@@H](N(C)c3cc(C(F)(F)F)nc4ccc(Cl)cc34)CC2)s1. The van der Waals surface area contributed by atoms with Crippen molar-refractivity contribution in [1.82, 2.24) is 10.3 Å². The first-order valence-electron chi connectivity index (χ1n) is 10.5. The van der Waals surface area contributed by atoms with Crippen molar-refractivity contribution in [2.24, 2.45) is 0 Å². The molecule has 2 heterocycles. The largest absolute Gasteiger partial charge is 0.433 e. The molecule has 1 aliphatic carbocycles. The first-order chi connectivity index (χ1) is 15.7. The Morgan fingerprint density at radius 3 is 2.55 bits per heavy atom. The number of fused-ring (bicyclic) bond motifs is 1. The zero-order valence-electron chi connectivity index (χ0n) is 18.1. The number of carbonyl (C=O) groups is 1. The van der Waals surface area contributed by atoms with Crippen molar-refractivity contribution in [1.29, 1.82) is 0 Å². The quantitative estimate of drug-likeness (QED) is 0.378. The fourth-order valence-electron chi connectivity index (χ4n) is 4.23. The number of alkyl halides is 3. The molecule has 1 aliphatic rings. The van der Waals surface area contributed by atoms with Gasteiger partial charge in [0, 0.05) is 35.2 Å². The minimum atomic E-state index is -4.54. The van der Waals surface area contributed by atoms with Crippen LogP contribution in [0, 0.1) is 0 Å². The van der Waals surface area contributed by atoms with Crippen molar-refractivity contribution < 1.29 is 18.0 Å². The molecule has 0 unspecified atom stereocenters. The predicted molar refractivity (Wildman–Crippen MR) is 130 cm³/mol. The average molecular weight is 514 g/mol. The number of amides is 1. The molecule has 1 saturated carbocycles. The first-order valence-corrected chi connectivity index (χ1v) is 12.9. The molecule has 33 heavy (non-hydrogen) atoms. The topological polar surface area (TPSA) is 45.2 Å². The van der Waals surface area contributed by atoms with E-state index in [-0.39, 0.29) is 23.5 Å². The van der Waals surface area contributed by atoms with Crippen LogP contribution < -0.4 is 10.2 Å². The monoisotopic (exact) mass is 513 g/mol. The van der Waals surface area contributed by atoms with Gasteiger partial charge in [0.05, 0.1) is 14.6 Å². The van der Waals surface area contributed by atoms with Crippen LogP contribution in [0.5, 0.6) is 0 Å². The van der Waals surface area contributed by atoms with E-state index in [4.69, 9.17) is 11.6 Å². The van der Waals surface area contributed by atoms with Gasteiger partial charge in [-0.3, -0.25) is 4.79 Å². The van der Waals surface area contributed by atoms with Gasteiger partial charge in [-0.2, -0.15) is 13.2 Å². The van der Waals surface area contributed by atoms with Crippen LogP contribution >= 0.6 is 34.7 Å². The molecule has 1 N–H and O–H groups in total. The molecule has 1 fully saturated rings. The van der Waals surface area contributed by atoms with E-state index in [0.29, 0.717) is 21.0 Å². The zero-order chi connectivity index (χ0) is 23.8. The second-order valence-electron chi connectivity index (χ2n) is 8.10. The number of anilines is 1. The van der Waals surface area contributed by atoms with Crippen molar-refractivity contribution in [3.05, 3.63) is 52.0 Å². The second-order valence-corrected chi connectivity index (χ2v) is 10.7. The molecule has 4 nitrogen and oxygen atoms in total. The number of halogens is 4. The van der Waals surface area contributed by atoms with Crippen LogP contribution in [0.15, 0.2) is 40.6 Å². The Morgan fingerprint density at radius 1 is 1.18 bits per heavy atom. The van der Waals surface area contributed by atoms with Gasteiger partial charge in [-0.05, 0) is 68.3 Å². The second kappa shape index (κ2) is 9.72. The van der Waals surface area contributed by atoms with Gasteiger partial charge in [0.25, 0.3) is 5.91 Å². The lowest BCUT2D eigenvalue weighted by molar-refractivity contribution is -0.140. The van der Waals surface area contributed by atoms with Gasteiger partial charge in [-0.15, -0.1) is 23.1 Å². The summed E-state index contributed by atoms with van der Waals surface area (Å²) in [4.78, 5) is 18.9. The first kappa shape index (κ1) is 24.2. The van der Waals surface area contributed by atoms with Gasteiger partial charge < -0.3 is 10.2 Å². The van der Waals surface area contributed by atoms with Gasteiger partial charge in [-0.1, -0.05) is 11.6 Å². The summed E-state index contributed by atoms with van der Waals surface area (Å²) < 4.78 is 41.5. The molecule has 1 amide bonds. The fourth-order valence-corrected chi connectivity index (χ4v) is 5.85. The van der Waals surface area contributed by atoms with E-state index in [0.717, 1.165) is 36.0 Å². The lowest BCUT2D eigenvalue weighted by Crippen LogP contribution is -2.42. The van der Waals surface area contributed by atoms with Crippen LogP contribution in [-0.2, 0) is 6.18 Å². The number of hydrogen-bond donors (Lipinski definition) is 1. The highest BCUT2D eigenvalue weighted by molar-refractivity contribution is 8.00. The number of nitrogens with zero attached hydrogens (tertiary/aromatic N) is 2. The Labute approximate surface area is 203 Å². The fraction of sp³-hybridized carbons (Fsp3) is 0.391. The molecular weight excluding hydrogens is 491 g/mol. The standard InChI is InChI=1S/C23H23ClF3N3OS2/c1-30(18-12-20(23(25,26)27)29-17-8-3-13(24)11-16(17)18)15-6-4-14(5-7-15)28-22(31)19-9-10-21(32-2)33-19/h3,8-12,14-15H,4-7H2,1-2H3,(H,28,31)/t14-,15+. The predicted octanol–water partition coefficient (Wildman–Crippen LogP) is 6.87. The minimum absolute atomic E-state index is 0.0497. The Balaban J connectivity index is 1.48. The van der Waals surface area contributed by atoms with E-state index >= 15 is 0 Å². The maximum absolute atomic E-state index is 13.5. The molecule has 0 spiro atoms. The summed E-state index contributed by atoms with van der Waals surface area (Å²) in [5.41, 5.74) is -0.191. The van der Waals surface area contributed by atoms with E-state index in [2.05, 4.69) is 10.3 Å². The lowest BCUT2D eigenvalue weighted by atomic mass is 9.89. The summed E-state index contributed by atoms with van der Waals surface area (Å²) >= 11 is 9.21. The van der Waals surface area contributed by atoms with E-state index in [1.165, 1.54) is 17.4 Å². The third-order valence-corrected chi connectivity index (χ3v) is 8.41. The number of carbonyl (C=O) groups excluding carboxylic acids is 1. The summed E-state index contributed by atoms with van der Waals surface area (Å²) in [6, 6.07) is 9.71. The highest BCUT2D eigenvalue weighted by Gasteiger charge is 2.35. The van der Waals surface area contributed by atoms with Crippen molar-refractivity contribution in [2.45, 2.75) is 48.2 Å². The summed E-state index contributed by atoms with van der Waals surface area (Å²) in [6.45, 7) is 0. The van der Waals surface area contributed by atoms with Gasteiger partial charge in [0.2, 0.25) is 0 Å². The van der Waals surface area contributed by atoms with Gasteiger partial charge >= 0.3 is 6.18 Å². The van der Waals surface area contributed by atoms with Crippen LogP contribution in [0.1, 0.15) is 41.0 Å². The maximum atomic E-state index is 13.5. The van der Waals surface area contributed by atoms with Crippen LogP contribution in [0.3, 0.4) is 0 Å². The van der Waals surface area contributed by atoms with E-state index in [9.17, 15) is 18.0 Å². The molecule has 4 rings (SSSR count). The van der Waals surface area contributed by atoms with E-state index in [1.54, 1.807) is 23.9 Å². The van der Waals surface area contributed by atoms with Gasteiger partial charge in [0.15, 0.2) is 0 Å². The average Bonchev–Trinajstić information content (AvgIpc) is 3.27. The van der Waals surface area contributed by atoms with Crippen LogP contribution in [0.2, 0.25) is 5.02 Å². The number of aromatic nitrogens is 1. The minimum Gasteiger partial charge on any atom is -0.371 e. The molecule has 176 valence electrons. The number of rotatable bonds is 5. The number of nitrogens with one attached hydrogen (secondary N) is 1. The molecule has 10 heteroatoms. The third kappa shape index (κ3) is 5.41. The summed E-state index contributed by atoms with van der Waals surface area (Å²) in [7, 11) is 1.81. The Bertz CT molecular complexity index is 1160. The molecule has 0 atom stereocenters. The number of thioether (sulfide) groups is 1. The van der Waals surface area contributed by atoms with Crippen LogP contribution in [-0.4, -0.2) is 36.3 Å². The van der Waals surface area contributed by atoms with E-state index < -0.39 is 11.9 Å². The zero-order valence-corrected chi connectivity index (χ0v) is 20.5. The van der Waals surface area contributed by atoms with Gasteiger partial charge in [-0.25, -0.2) is 4.98 Å². The maximum Gasteiger partial charge on any atom is 0.433 e. The molecule has 2 aromatic heterocycles. The van der Waals surface area contributed by atoms with Gasteiger partial charge in [0.1, 0.15) is 5.69 Å². The molecule has 3 aromatic rings. The third-order valence-electron chi connectivity index (χ3n) is 6.01. The molecule has 1 aromatic carbocycles. The summed E-state index contributed by atoms with van der Waals surface area (Å²) in [6.07, 6.45) is 0.475. The van der Waals surface area contributed by atoms with Crippen LogP contribution in [0.25, 0.3) is 10.9 Å². The Kier molecular flexibility index (Phi) is 7.12. The molecular formula is C23H23ClF3N3OS2. The number of hydrogen-bond acceptors (Lipinski definition) is 5. The Morgan fingerprint density at radius 2 is 1.91 bits per heavy atom. The number of pyridine rings is 1. The summed E-state index contributed by atoms with van der Waals surface area (Å²) in [5.74, 6) is -0.0679.